The second-order valence-corrected chi connectivity index (χ2v) is 6.26. The van der Waals surface area contributed by atoms with E-state index in [9.17, 15) is 4.79 Å². The minimum absolute atomic E-state index is 0.270. The zero-order valence-electron chi connectivity index (χ0n) is 16.0. The normalized spacial score (nSPS) is 10.7. The molecule has 29 heavy (non-hydrogen) atoms. The summed E-state index contributed by atoms with van der Waals surface area (Å²) in [4.78, 5) is 21.2. The fourth-order valence-corrected chi connectivity index (χ4v) is 3.00. The number of carbonyl (C=O) groups excluding carboxylic acids is 1. The van der Waals surface area contributed by atoms with Crippen LogP contribution in [-0.2, 0) is 6.54 Å². The van der Waals surface area contributed by atoms with Gasteiger partial charge >= 0.3 is 0 Å². The lowest BCUT2D eigenvalue weighted by atomic mass is 10.1. The Morgan fingerprint density at radius 3 is 2.38 bits per heavy atom. The Balaban J connectivity index is 1.48. The van der Waals surface area contributed by atoms with Crippen molar-refractivity contribution in [1.82, 2.24) is 15.3 Å². The number of hydrogen-bond acceptors (Lipinski definition) is 6. The molecule has 0 aliphatic rings. The van der Waals surface area contributed by atoms with Crippen LogP contribution in [0.1, 0.15) is 15.9 Å². The number of nitrogens with one attached hydrogen (secondary N) is 1. The Hall–Kier alpha value is -3.87. The fourth-order valence-electron chi connectivity index (χ4n) is 3.00. The molecule has 0 fully saturated rings. The van der Waals surface area contributed by atoms with Crippen LogP contribution in [0.5, 0.6) is 11.5 Å². The zero-order valence-corrected chi connectivity index (χ0v) is 16.0. The summed E-state index contributed by atoms with van der Waals surface area (Å²) in [6.07, 6.45) is 1.68. The van der Waals surface area contributed by atoms with Gasteiger partial charge in [0.25, 0.3) is 5.91 Å². The van der Waals surface area contributed by atoms with E-state index < -0.39 is 0 Å². The Kier molecular flexibility index (Phi) is 5.11. The molecule has 0 saturated carbocycles. The number of amides is 1. The maximum atomic E-state index is 12.7. The summed E-state index contributed by atoms with van der Waals surface area (Å²) < 4.78 is 16.3. The van der Waals surface area contributed by atoms with Crippen LogP contribution >= 0.6 is 0 Å². The molecule has 7 heteroatoms. The van der Waals surface area contributed by atoms with Crippen LogP contribution in [0.2, 0.25) is 0 Å². The van der Waals surface area contributed by atoms with E-state index in [2.05, 4.69) is 15.3 Å². The number of carbonyl (C=O) groups is 1. The smallest absolute Gasteiger partial charge is 0.259 e. The Morgan fingerprint density at radius 1 is 1.00 bits per heavy atom. The molecule has 7 nitrogen and oxygen atoms in total. The summed E-state index contributed by atoms with van der Waals surface area (Å²) in [5, 5.41) is 2.90. The SMILES string of the molecule is COc1cccc(OC)c1C(=O)NCc1ccc(-c2nc3ncccc3o2)cc1. The molecule has 2 aromatic carbocycles. The third kappa shape index (κ3) is 3.75. The van der Waals surface area contributed by atoms with Crippen LogP contribution < -0.4 is 14.8 Å². The molecule has 0 saturated heterocycles. The first-order valence-corrected chi connectivity index (χ1v) is 8.99. The van der Waals surface area contributed by atoms with Crippen LogP contribution in [0.25, 0.3) is 22.7 Å². The maximum Gasteiger partial charge on any atom is 0.259 e. The molecule has 4 aromatic rings. The molecule has 2 aromatic heterocycles. The first kappa shape index (κ1) is 18.5. The van der Waals surface area contributed by atoms with Gasteiger partial charge in [-0.3, -0.25) is 4.79 Å². The topological polar surface area (TPSA) is 86.5 Å². The number of pyridine rings is 1. The van der Waals surface area contributed by atoms with Crippen molar-refractivity contribution in [2.24, 2.45) is 0 Å². The molecule has 1 N–H and O–H groups in total. The van der Waals surface area contributed by atoms with Gasteiger partial charge in [0.1, 0.15) is 17.1 Å². The van der Waals surface area contributed by atoms with Crippen molar-refractivity contribution in [2.75, 3.05) is 14.2 Å². The number of ether oxygens (including phenoxy) is 2. The minimum Gasteiger partial charge on any atom is -0.496 e. The summed E-state index contributed by atoms with van der Waals surface area (Å²) in [7, 11) is 3.04. The van der Waals surface area contributed by atoms with Crippen molar-refractivity contribution in [1.29, 1.82) is 0 Å². The maximum absolute atomic E-state index is 12.7. The summed E-state index contributed by atoms with van der Waals surface area (Å²) in [5.41, 5.74) is 3.36. The number of benzene rings is 2. The third-order valence-corrected chi connectivity index (χ3v) is 4.47. The lowest BCUT2D eigenvalue weighted by Gasteiger charge is -2.13. The molecule has 0 atom stereocenters. The minimum atomic E-state index is -0.270. The standard InChI is InChI=1S/C22H19N3O4/c1-27-16-5-3-6-17(28-2)19(16)21(26)24-13-14-8-10-15(11-9-14)22-25-20-18(29-22)7-4-12-23-20/h3-12H,13H2,1-2H3,(H,24,26). The average Bonchev–Trinajstić information content (AvgIpc) is 3.21. The lowest BCUT2D eigenvalue weighted by molar-refractivity contribution is 0.0944. The van der Waals surface area contributed by atoms with Crippen molar-refractivity contribution < 1.29 is 18.7 Å². The predicted molar refractivity (Wildman–Crippen MR) is 108 cm³/mol. The van der Waals surface area contributed by atoms with Gasteiger partial charge in [0.05, 0.1) is 14.2 Å². The number of fused-ring (bicyclic) bond motifs is 1. The van der Waals surface area contributed by atoms with E-state index >= 15 is 0 Å². The highest BCUT2D eigenvalue weighted by molar-refractivity contribution is 5.99. The highest BCUT2D eigenvalue weighted by Crippen LogP contribution is 2.28. The van der Waals surface area contributed by atoms with Crippen molar-refractivity contribution in [3.63, 3.8) is 0 Å². The van der Waals surface area contributed by atoms with Gasteiger partial charge in [0, 0.05) is 18.3 Å². The molecule has 4 rings (SSSR count). The summed E-state index contributed by atoms with van der Waals surface area (Å²) in [6, 6.07) is 16.5. The Labute approximate surface area is 167 Å². The number of hydrogen-bond donors (Lipinski definition) is 1. The summed E-state index contributed by atoms with van der Waals surface area (Å²) in [5.74, 6) is 1.16. The third-order valence-electron chi connectivity index (χ3n) is 4.47. The molecule has 2 heterocycles. The summed E-state index contributed by atoms with van der Waals surface area (Å²) in [6.45, 7) is 0.357. The van der Waals surface area contributed by atoms with Gasteiger partial charge in [-0.05, 0) is 42.0 Å². The van der Waals surface area contributed by atoms with E-state index in [1.54, 1.807) is 30.5 Å². The lowest BCUT2D eigenvalue weighted by Crippen LogP contribution is -2.24. The van der Waals surface area contributed by atoms with Crippen LogP contribution in [0.3, 0.4) is 0 Å². The molecule has 0 aliphatic carbocycles. The van der Waals surface area contributed by atoms with Crippen LogP contribution in [0.4, 0.5) is 0 Å². The summed E-state index contributed by atoms with van der Waals surface area (Å²) >= 11 is 0. The number of rotatable bonds is 6. The van der Waals surface area contributed by atoms with Gasteiger partial charge in [-0.1, -0.05) is 18.2 Å². The van der Waals surface area contributed by atoms with E-state index in [1.165, 1.54) is 14.2 Å². The van der Waals surface area contributed by atoms with Crippen molar-refractivity contribution in [3.05, 3.63) is 71.9 Å². The fraction of sp³-hybridized carbons (Fsp3) is 0.136. The van der Waals surface area contributed by atoms with Crippen molar-refractivity contribution in [3.8, 4) is 23.0 Å². The Bertz CT molecular complexity index is 1100. The first-order valence-electron chi connectivity index (χ1n) is 8.99. The number of oxazole rings is 1. The average molecular weight is 389 g/mol. The molecular formula is C22H19N3O4. The molecule has 0 aliphatic heterocycles. The second-order valence-electron chi connectivity index (χ2n) is 6.26. The molecule has 0 bridgehead atoms. The molecular weight excluding hydrogens is 370 g/mol. The molecule has 0 unspecified atom stereocenters. The van der Waals surface area contributed by atoms with Crippen LogP contribution in [0, 0.1) is 0 Å². The van der Waals surface area contributed by atoms with E-state index in [4.69, 9.17) is 13.9 Å². The predicted octanol–water partition coefficient (Wildman–Crippen LogP) is 3.84. The molecule has 0 spiro atoms. The number of aromatic nitrogens is 2. The highest BCUT2D eigenvalue weighted by atomic mass is 16.5. The van der Waals surface area contributed by atoms with E-state index in [1.807, 2.05) is 30.3 Å². The van der Waals surface area contributed by atoms with E-state index in [0.29, 0.717) is 40.7 Å². The van der Waals surface area contributed by atoms with Gasteiger partial charge in [0.2, 0.25) is 5.89 Å². The monoisotopic (exact) mass is 389 g/mol. The largest absolute Gasteiger partial charge is 0.496 e. The zero-order chi connectivity index (χ0) is 20.2. The molecule has 146 valence electrons. The van der Waals surface area contributed by atoms with Crippen molar-refractivity contribution in [2.45, 2.75) is 6.54 Å². The number of nitrogens with zero attached hydrogens (tertiary/aromatic N) is 2. The molecule has 0 radical (unpaired) electrons. The Morgan fingerprint density at radius 2 is 1.72 bits per heavy atom. The van der Waals surface area contributed by atoms with Gasteiger partial charge in [-0.15, -0.1) is 0 Å². The number of methoxy groups -OCH3 is 2. The molecule has 1 amide bonds. The van der Waals surface area contributed by atoms with E-state index in [-0.39, 0.29) is 5.91 Å². The van der Waals surface area contributed by atoms with Crippen LogP contribution in [-0.4, -0.2) is 30.1 Å². The van der Waals surface area contributed by atoms with Crippen LogP contribution in [0.15, 0.2) is 65.2 Å². The quantitative estimate of drug-likeness (QED) is 0.539. The van der Waals surface area contributed by atoms with Gasteiger partial charge in [0.15, 0.2) is 11.2 Å². The first-order chi connectivity index (χ1) is 14.2. The van der Waals surface area contributed by atoms with E-state index in [0.717, 1.165) is 11.1 Å². The second kappa shape index (κ2) is 8.02. The van der Waals surface area contributed by atoms with Crippen molar-refractivity contribution >= 4 is 17.1 Å². The van der Waals surface area contributed by atoms with Gasteiger partial charge in [-0.2, -0.15) is 4.98 Å². The van der Waals surface area contributed by atoms with Gasteiger partial charge < -0.3 is 19.2 Å². The van der Waals surface area contributed by atoms with Gasteiger partial charge in [-0.25, -0.2) is 4.98 Å². The highest BCUT2D eigenvalue weighted by Gasteiger charge is 2.18.